The average molecular weight is 442 g/mol. The lowest BCUT2D eigenvalue weighted by molar-refractivity contribution is -0.129. The maximum Gasteiger partial charge on any atom is 0.277 e. The summed E-state index contributed by atoms with van der Waals surface area (Å²) in [4.78, 5) is 14.6. The van der Waals surface area contributed by atoms with Gasteiger partial charge in [-0.05, 0) is 53.9 Å². The molecule has 9 heteroatoms. The van der Waals surface area contributed by atoms with Crippen molar-refractivity contribution in [1.29, 1.82) is 0 Å². The SMILES string of the molecule is COc1ccc(-c2nnc(SCC(=O)N3CCc4cc(OC)c(OC)cc4C3)o2)cc1. The second-order valence-electron chi connectivity index (χ2n) is 6.93. The summed E-state index contributed by atoms with van der Waals surface area (Å²) in [5.41, 5.74) is 3.04. The Balaban J connectivity index is 1.37. The van der Waals surface area contributed by atoms with Crippen LogP contribution in [0.2, 0.25) is 0 Å². The molecular formula is C22H23N3O5S. The molecule has 4 rings (SSSR count). The molecule has 1 amide bonds. The monoisotopic (exact) mass is 441 g/mol. The minimum absolute atomic E-state index is 0.0228. The van der Waals surface area contributed by atoms with E-state index in [1.807, 2.05) is 41.3 Å². The number of rotatable bonds is 7. The molecular weight excluding hydrogens is 418 g/mol. The van der Waals surface area contributed by atoms with Crippen LogP contribution < -0.4 is 14.2 Å². The molecule has 8 nitrogen and oxygen atoms in total. The second-order valence-corrected chi connectivity index (χ2v) is 7.86. The Morgan fingerprint density at radius 3 is 2.42 bits per heavy atom. The number of carbonyl (C=O) groups is 1. The highest BCUT2D eigenvalue weighted by molar-refractivity contribution is 7.99. The Bertz CT molecular complexity index is 1070. The minimum Gasteiger partial charge on any atom is -0.497 e. The van der Waals surface area contributed by atoms with Gasteiger partial charge in [-0.1, -0.05) is 11.8 Å². The van der Waals surface area contributed by atoms with Crippen LogP contribution in [0.5, 0.6) is 17.2 Å². The van der Waals surface area contributed by atoms with Gasteiger partial charge in [-0.15, -0.1) is 10.2 Å². The molecule has 0 atom stereocenters. The molecule has 162 valence electrons. The number of benzene rings is 2. The second kappa shape index (κ2) is 9.30. The lowest BCUT2D eigenvalue weighted by Gasteiger charge is -2.29. The standard InChI is InChI=1S/C22H23N3O5S/c1-27-17-6-4-14(5-7-17)21-23-24-22(30-21)31-13-20(26)25-9-8-15-10-18(28-2)19(29-3)11-16(15)12-25/h4-7,10-11H,8-9,12-13H2,1-3H3. The first-order chi connectivity index (χ1) is 15.1. The summed E-state index contributed by atoms with van der Waals surface area (Å²) in [7, 11) is 4.84. The topological polar surface area (TPSA) is 86.9 Å². The molecule has 0 N–H and O–H groups in total. The highest BCUT2D eigenvalue weighted by Crippen LogP contribution is 2.33. The lowest BCUT2D eigenvalue weighted by atomic mass is 9.99. The number of aromatic nitrogens is 2. The van der Waals surface area contributed by atoms with Crippen LogP contribution in [0.4, 0.5) is 0 Å². The number of hydrogen-bond acceptors (Lipinski definition) is 8. The number of hydrogen-bond donors (Lipinski definition) is 0. The lowest BCUT2D eigenvalue weighted by Crippen LogP contribution is -2.37. The first-order valence-electron chi connectivity index (χ1n) is 9.73. The van der Waals surface area contributed by atoms with Gasteiger partial charge in [-0.3, -0.25) is 4.79 Å². The van der Waals surface area contributed by atoms with Gasteiger partial charge in [0.15, 0.2) is 11.5 Å². The van der Waals surface area contributed by atoms with E-state index < -0.39 is 0 Å². The fraction of sp³-hybridized carbons (Fsp3) is 0.318. The van der Waals surface area contributed by atoms with E-state index in [-0.39, 0.29) is 11.7 Å². The number of thioether (sulfide) groups is 1. The highest BCUT2D eigenvalue weighted by atomic mass is 32.2. The number of fused-ring (bicyclic) bond motifs is 1. The number of carbonyl (C=O) groups excluding carboxylic acids is 1. The Hall–Kier alpha value is -3.20. The van der Waals surface area contributed by atoms with Crippen molar-refractivity contribution < 1.29 is 23.4 Å². The van der Waals surface area contributed by atoms with Crippen molar-refractivity contribution in [2.75, 3.05) is 33.6 Å². The van der Waals surface area contributed by atoms with E-state index in [1.54, 1.807) is 21.3 Å². The summed E-state index contributed by atoms with van der Waals surface area (Å²) >= 11 is 1.24. The van der Waals surface area contributed by atoms with Gasteiger partial charge in [-0.2, -0.15) is 0 Å². The molecule has 0 fully saturated rings. The largest absolute Gasteiger partial charge is 0.497 e. The number of methoxy groups -OCH3 is 3. The van der Waals surface area contributed by atoms with Crippen LogP contribution in [0, 0.1) is 0 Å². The van der Waals surface area contributed by atoms with Gasteiger partial charge in [0.25, 0.3) is 5.22 Å². The average Bonchev–Trinajstić information content (AvgIpc) is 3.30. The third kappa shape index (κ3) is 4.61. The maximum atomic E-state index is 12.8. The zero-order chi connectivity index (χ0) is 21.8. The summed E-state index contributed by atoms with van der Waals surface area (Å²) < 4.78 is 21.6. The van der Waals surface area contributed by atoms with Crippen molar-refractivity contribution in [1.82, 2.24) is 15.1 Å². The molecule has 1 aliphatic heterocycles. The smallest absolute Gasteiger partial charge is 0.277 e. The molecule has 2 heterocycles. The van der Waals surface area contributed by atoms with E-state index in [1.165, 1.54) is 17.3 Å². The Morgan fingerprint density at radius 2 is 1.74 bits per heavy atom. The van der Waals surface area contributed by atoms with Crippen molar-refractivity contribution in [2.24, 2.45) is 0 Å². The number of amides is 1. The third-order valence-electron chi connectivity index (χ3n) is 5.13. The van der Waals surface area contributed by atoms with Crippen molar-refractivity contribution >= 4 is 17.7 Å². The predicted molar refractivity (Wildman–Crippen MR) is 116 cm³/mol. The fourth-order valence-electron chi connectivity index (χ4n) is 3.43. The van der Waals surface area contributed by atoms with Gasteiger partial charge < -0.3 is 23.5 Å². The molecule has 0 radical (unpaired) electrons. The predicted octanol–water partition coefficient (Wildman–Crippen LogP) is 3.44. The van der Waals surface area contributed by atoms with Gasteiger partial charge in [-0.25, -0.2) is 0 Å². The van der Waals surface area contributed by atoms with E-state index in [4.69, 9.17) is 18.6 Å². The van der Waals surface area contributed by atoms with Crippen LogP contribution in [0.1, 0.15) is 11.1 Å². The van der Waals surface area contributed by atoms with E-state index in [0.717, 1.165) is 23.3 Å². The Morgan fingerprint density at radius 1 is 1.03 bits per heavy atom. The zero-order valence-corrected chi connectivity index (χ0v) is 18.4. The van der Waals surface area contributed by atoms with Crippen LogP contribution >= 0.6 is 11.8 Å². The van der Waals surface area contributed by atoms with E-state index in [0.29, 0.717) is 35.7 Å². The molecule has 0 bridgehead atoms. The van der Waals surface area contributed by atoms with Gasteiger partial charge in [0.05, 0.1) is 27.1 Å². The van der Waals surface area contributed by atoms with Crippen LogP contribution in [-0.2, 0) is 17.8 Å². The molecule has 0 saturated carbocycles. The van der Waals surface area contributed by atoms with Gasteiger partial charge in [0.1, 0.15) is 5.75 Å². The van der Waals surface area contributed by atoms with Crippen molar-refractivity contribution in [3.05, 3.63) is 47.5 Å². The highest BCUT2D eigenvalue weighted by Gasteiger charge is 2.23. The number of nitrogens with zero attached hydrogens (tertiary/aromatic N) is 3. The summed E-state index contributed by atoms with van der Waals surface area (Å²) in [6.45, 7) is 1.19. The van der Waals surface area contributed by atoms with Crippen molar-refractivity contribution in [3.63, 3.8) is 0 Å². The van der Waals surface area contributed by atoms with Gasteiger partial charge in [0.2, 0.25) is 11.8 Å². The summed E-state index contributed by atoms with van der Waals surface area (Å²) in [6, 6.07) is 11.3. The quantitative estimate of drug-likeness (QED) is 0.516. The molecule has 0 unspecified atom stereocenters. The molecule has 0 saturated heterocycles. The summed E-state index contributed by atoms with van der Waals surface area (Å²) in [5, 5.41) is 8.48. The first-order valence-corrected chi connectivity index (χ1v) is 10.7. The normalized spacial score (nSPS) is 12.9. The van der Waals surface area contributed by atoms with Crippen LogP contribution in [0.3, 0.4) is 0 Å². The van der Waals surface area contributed by atoms with Gasteiger partial charge in [0, 0.05) is 18.7 Å². The zero-order valence-electron chi connectivity index (χ0n) is 17.6. The third-order valence-corrected chi connectivity index (χ3v) is 5.94. The van der Waals surface area contributed by atoms with Gasteiger partial charge >= 0.3 is 0 Å². The fourth-order valence-corrected chi connectivity index (χ4v) is 4.10. The molecule has 0 aliphatic carbocycles. The molecule has 0 spiro atoms. The molecule has 31 heavy (non-hydrogen) atoms. The van der Waals surface area contributed by atoms with E-state index in [9.17, 15) is 4.79 Å². The van der Waals surface area contributed by atoms with Crippen molar-refractivity contribution in [3.8, 4) is 28.7 Å². The Labute approximate surface area is 184 Å². The molecule has 1 aliphatic rings. The van der Waals surface area contributed by atoms with E-state index in [2.05, 4.69) is 10.2 Å². The van der Waals surface area contributed by atoms with Crippen LogP contribution in [0.25, 0.3) is 11.5 Å². The minimum atomic E-state index is 0.0228. The van der Waals surface area contributed by atoms with Crippen molar-refractivity contribution in [2.45, 2.75) is 18.2 Å². The summed E-state index contributed by atoms with van der Waals surface area (Å²) in [5.74, 6) is 2.79. The Kier molecular flexibility index (Phi) is 6.31. The first kappa shape index (κ1) is 21.0. The molecule has 2 aromatic carbocycles. The maximum absolute atomic E-state index is 12.8. The van der Waals surface area contributed by atoms with Crippen LogP contribution in [-0.4, -0.2) is 54.6 Å². The summed E-state index contributed by atoms with van der Waals surface area (Å²) in [6.07, 6.45) is 0.772. The van der Waals surface area contributed by atoms with Crippen LogP contribution in [0.15, 0.2) is 46.0 Å². The molecule has 1 aromatic heterocycles. The van der Waals surface area contributed by atoms with E-state index >= 15 is 0 Å². The molecule has 3 aromatic rings. The number of ether oxygens (including phenoxy) is 3.